The predicted molar refractivity (Wildman–Crippen MR) is 92.6 cm³/mol. The van der Waals surface area contributed by atoms with Crippen molar-refractivity contribution < 1.29 is 0 Å². The zero-order valence-electron chi connectivity index (χ0n) is 14.3. The van der Waals surface area contributed by atoms with E-state index in [1.807, 2.05) is 12.4 Å². The molecule has 1 aromatic heterocycles. The molecule has 0 bridgehead atoms. The molecule has 0 saturated heterocycles. The van der Waals surface area contributed by atoms with Crippen LogP contribution in [-0.2, 0) is 0 Å². The standard InChI is InChI=1S/C19H34N2/c1-4-6-7-8-9-10-11-12-19(21-14-5-2)18-16-20-15-13-17(18)3/h13,15-16,19,21H,4-12,14H2,1-3H3. The zero-order valence-corrected chi connectivity index (χ0v) is 14.3. The van der Waals surface area contributed by atoms with E-state index < -0.39 is 0 Å². The number of hydrogen-bond donors (Lipinski definition) is 1. The van der Waals surface area contributed by atoms with Gasteiger partial charge in [0.25, 0.3) is 0 Å². The first-order valence-electron chi connectivity index (χ1n) is 8.93. The van der Waals surface area contributed by atoms with Crippen molar-refractivity contribution in [1.82, 2.24) is 10.3 Å². The van der Waals surface area contributed by atoms with E-state index in [2.05, 4.69) is 37.1 Å². The van der Waals surface area contributed by atoms with E-state index in [0.717, 1.165) is 6.54 Å². The van der Waals surface area contributed by atoms with Gasteiger partial charge in [-0.05, 0) is 43.5 Å². The number of aromatic nitrogens is 1. The molecule has 21 heavy (non-hydrogen) atoms. The van der Waals surface area contributed by atoms with Crippen molar-refractivity contribution in [1.29, 1.82) is 0 Å². The van der Waals surface area contributed by atoms with Gasteiger partial charge in [-0.25, -0.2) is 0 Å². The maximum atomic E-state index is 4.31. The minimum absolute atomic E-state index is 0.481. The van der Waals surface area contributed by atoms with Crippen LogP contribution in [0, 0.1) is 6.92 Å². The van der Waals surface area contributed by atoms with E-state index in [9.17, 15) is 0 Å². The van der Waals surface area contributed by atoms with Crippen LogP contribution in [0.4, 0.5) is 0 Å². The molecule has 120 valence electrons. The number of pyridine rings is 1. The molecule has 1 rings (SSSR count). The first kappa shape index (κ1) is 18.2. The van der Waals surface area contributed by atoms with E-state index in [1.54, 1.807) is 0 Å². The number of unbranched alkanes of at least 4 members (excludes halogenated alkanes) is 6. The number of rotatable bonds is 12. The van der Waals surface area contributed by atoms with Gasteiger partial charge in [0.1, 0.15) is 0 Å². The summed E-state index contributed by atoms with van der Waals surface area (Å²) in [7, 11) is 0. The van der Waals surface area contributed by atoms with Crippen molar-refractivity contribution in [2.75, 3.05) is 6.54 Å². The fourth-order valence-corrected chi connectivity index (χ4v) is 2.83. The molecule has 1 atom stereocenters. The molecule has 0 aromatic carbocycles. The topological polar surface area (TPSA) is 24.9 Å². The van der Waals surface area contributed by atoms with Gasteiger partial charge in [0.2, 0.25) is 0 Å². The molecule has 0 radical (unpaired) electrons. The largest absolute Gasteiger partial charge is 0.310 e. The average Bonchev–Trinajstić information content (AvgIpc) is 2.50. The van der Waals surface area contributed by atoms with Crippen molar-refractivity contribution in [2.45, 2.75) is 84.6 Å². The molecule has 0 aliphatic heterocycles. The molecular formula is C19H34N2. The summed E-state index contributed by atoms with van der Waals surface area (Å²) in [4.78, 5) is 4.31. The van der Waals surface area contributed by atoms with Crippen LogP contribution in [0.5, 0.6) is 0 Å². The van der Waals surface area contributed by atoms with Crippen molar-refractivity contribution in [2.24, 2.45) is 0 Å². The molecule has 0 spiro atoms. The third-order valence-electron chi connectivity index (χ3n) is 4.19. The number of aryl methyl sites for hydroxylation is 1. The SMILES string of the molecule is CCCCCCCCCC(NCCC)c1cnccc1C. The summed E-state index contributed by atoms with van der Waals surface area (Å²) in [6.07, 6.45) is 16.0. The molecule has 2 nitrogen and oxygen atoms in total. The van der Waals surface area contributed by atoms with Crippen LogP contribution in [0.15, 0.2) is 18.5 Å². The highest BCUT2D eigenvalue weighted by molar-refractivity contribution is 5.24. The maximum absolute atomic E-state index is 4.31. The molecule has 2 heteroatoms. The van der Waals surface area contributed by atoms with E-state index in [4.69, 9.17) is 0 Å². The summed E-state index contributed by atoms with van der Waals surface area (Å²) < 4.78 is 0. The highest BCUT2D eigenvalue weighted by Gasteiger charge is 2.12. The van der Waals surface area contributed by atoms with Gasteiger partial charge < -0.3 is 5.32 Å². The van der Waals surface area contributed by atoms with E-state index in [1.165, 1.54) is 68.9 Å². The Morgan fingerprint density at radius 1 is 1.00 bits per heavy atom. The van der Waals surface area contributed by atoms with E-state index in [0.29, 0.717) is 6.04 Å². The molecule has 1 unspecified atom stereocenters. The van der Waals surface area contributed by atoms with Gasteiger partial charge in [-0.3, -0.25) is 4.98 Å². The average molecular weight is 290 g/mol. The summed E-state index contributed by atoms with van der Waals surface area (Å²) in [5.74, 6) is 0. The zero-order chi connectivity index (χ0) is 15.3. The van der Waals surface area contributed by atoms with Crippen LogP contribution >= 0.6 is 0 Å². The van der Waals surface area contributed by atoms with Crippen LogP contribution in [-0.4, -0.2) is 11.5 Å². The van der Waals surface area contributed by atoms with Crippen LogP contribution in [0.25, 0.3) is 0 Å². The van der Waals surface area contributed by atoms with Gasteiger partial charge in [-0.15, -0.1) is 0 Å². The highest BCUT2D eigenvalue weighted by atomic mass is 14.9. The number of nitrogens with one attached hydrogen (secondary N) is 1. The smallest absolute Gasteiger partial charge is 0.0338 e. The fraction of sp³-hybridized carbons (Fsp3) is 0.737. The molecular weight excluding hydrogens is 256 g/mol. The lowest BCUT2D eigenvalue weighted by Crippen LogP contribution is -2.23. The Kier molecular flexibility index (Phi) is 10.1. The molecule has 0 saturated carbocycles. The van der Waals surface area contributed by atoms with Crippen LogP contribution in [0.3, 0.4) is 0 Å². The molecule has 1 heterocycles. The quantitative estimate of drug-likeness (QED) is 0.509. The minimum Gasteiger partial charge on any atom is -0.310 e. The van der Waals surface area contributed by atoms with Gasteiger partial charge in [0, 0.05) is 18.4 Å². The van der Waals surface area contributed by atoms with E-state index in [-0.39, 0.29) is 0 Å². The normalized spacial score (nSPS) is 12.5. The van der Waals surface area contributed by atoms with Crippen molar-refractivity contribution in [3.63, 3.8) is 0 Å². The Hall–Kier alpha value is -0.890. The third kappa shape index (κ3) is 7.61. The Bertz CT molecular complexity index is 362. The van der Waals surface area contributed by atoms with Crippen LogP contribution in [0.2, 0.25) is 0 Å². The van der Waals surface area contributed by atoms with Crippen molar-refractivity contribution in [3.05, 3.63) is 29.6 Å². The summed E-state index contributed by atoms with van der Waals surface area (Å²) in [6, 6.07) is 2.61. The van der Waals surface area contributed by atoms with Gasteiger partial charge in [0.05, 0.1) is 0 Å². The summed E-state index contributed by atoms with van der Waals surface area (Å²) in [5.41, 5.74) is 2.75. The molecule has 1 aromatic rings. The number of hydrogen-bond acceptors (Lipinski definition) is 2. The maximum Gasteiger partial charge on any atom is 0.0338 e. The Morgan fingerprint density at radius 2 is 1.71 bits per heavy atom. The summed E-state index contributed by atoms with van der Waals surface area (Å²) in [6.45, 7) is 7.80. The monoisotopic (exact) mass is 290 g/mol. The second-order valence-corrected chi connectivity index (χ2v) is 6.15. The molecule has 0 amide bonds. The van der Waals surface area contributed by atoms with Gasteiger partial charge in [-0.2, -0.15) is 0 Å². The van der Waals surface area contributed by atoms with Gasteiger partial charge >= 0.3 is 0 Å². The second-order valence-electron chi connectivity index (χ2n) is 6.15. The Balaban J connectivity index is 2.35. The fourth-order valence-electron chi connectivity index (χ4n) is 2.83. The third-order valence-corrected chi connectivity index (χ3v) is 4.19. The summed E-state index contributed by atoms with van der Waals surface area (Å²) in [5, 5.41) is 3.70. The lowest BCUT2D eigenvalue weighted by Gasteiger charge is -2.20. The van der Waals surface area contributed by atoms with Crippen LogP contribution < -0.4 is 5.32 Å². The minimum atomic E-state index is 0.481. The molecule has 0 aliphatic rings. The first-order chi connectivity index (χ1) is 10.3. The molecule has 0 aliphatic carbocycles. The Morgan fingerprint density at radius 3 is 2.38 bits per heavy atom. The molecule has 0 fully saturated rings. The van der Waals surface area contributed by atoms with Gasteiger partial charge in [-0.1, -0.05) is 58.8 Å². The summed E-state index contributed by atoms with van der Waals surface area (Å²) >= 11 is 0. The lowest BCUT2D eigenvalue weighted by molar-refractivity contribution is 0.463. The predicted octanol–water partition coefficient (Wildman–Crippen LogP) is 5.57. The number of nitrogens with zero attached hydrogens (tertiary/aromatic N) is 1. The van der Waals surface area contributed by atoms with Crippen molar-refractivity contribution in [3.8, 4) is 0 Å². The van der Waals surface area contributed by atoms with E-state index >= 15 is 0 Å². The molecule has 1 N–H and O–H groups in total. The second kappa shape index (κ2) is 11.7. The van der Waals surface area contributed by atoms with Crippen LogP contribution in [0.1, 0.15) is 88.8 Å². The van der Waals surface area contributed by atoms with Crippen molar-refractivity contribution >= 4 is 0 Å². The highest BCUT2D eigenvalue weighted by Crippen LogP contribution is 2.22. The van der Waals surface area contributed by atoms with Gasteiger partial charge in [0.15, 0.2) is 0 Å². The lowest BCUT2D eigenvalue weighted by atomic mass is 9.97. The first-order valence-corrected chi connectivity index (χ1v) is 8.93. The Labute approximate surface area is 131 Å².